The fraction of sp³-hybridized carbons (Fsp3) is 0.238. The van der Waals surface area contributed by atoms with Gasteiger partial charge in [-0.15, -0.1) is 0 Å². The number of ether oxygens (including phenoxy) is 1. The van der Waals surface area contributed by atoms with Crippen LogP contribution in [-0.2, 0) is 11.3 Å². The van der Waals surface area contributed by atoms with Crippen LogP contribution in [0.15, 0.2) is 60.9 Å². The summed E-state index contributed by atoms with van der Waals surface area (Å²) in [4.78, 5) is 16.7. The van der Waals surface area contributed by atoms with Gasteiger partial charge in [0.05, 0.1) is 5.69 Å². The van der Waals surface area contributed by atoms with Crippen LogP contribution in [0.1, 0.15) is 23.9 Å². The van der Waals surface area contributed by atoms with E-state index in [-0.39, 0.29) is 5.91 Å². The molecule has 0 aliphatic heterocycles. The largest absolute Gasteiger partial charge is 0.481 e. The van der Waals surface area contributed by atoms with E-state index in [2.05, 4.69) is 10.3 Å². The zero-order valence-corrected chi connectivity index (χ0v) is 15.3. The number of amides is 1. The fourth-order valence-corrected chi connectivity index (χ4v) is 2.79. The van der Waals surface area contributed by atoms with Gasteiger partial charge in [-0.3, -0.25) is 4.79 Å². The Morgan fingerprint density at radius 1 is 1.15 bits per heavy atom. The number of hydrogen-bond acceptors (Lipinski definition) is 3. The van der Waals surface area contributed by atoms with Gasteiger partial charge in [-0.1, -0.05) is 36.4 Å². The third-order valence-corrected chi connectivity index (χ3v) is 4.30. The Morgan fingerprint density at radius 3 is 2.62 bits per heavy atom. The van der Waals surface area contributed by atoms with Gasteiger partial charge in [-0.25, -0.2) is 4.98 Å². The van der Waals surface area contributed by atoms with Crippen molar-refractivity contribution in [2.75, 3.05) is 0 Å². The first-order chi connectivity index (χ1) is 12.6. The molecule has 26 heavy (non-hydrogen) atoms. The summed E-state index contributed by atoms with van der Waals surface area (Å²) in [5, 5.41) is 2.96. The molecule has 0 saturated carbocycles. The number of benzene rings is 2. The predicted molar refractivity (Wildman–Crippen MR) is 101 cm³/mol. The Hall–Kier alpha value is -3.08. The minimum atomic E-state index is -0.571. The Kier molecular flexibility index (Phi) is 5.37. The van der Waals surface area contributed by atoms with Crippen LogP contribution in [0.4, 0.5) is 0 Å². The lowest BCUT2D eigenvalue weighted by atomic mass is 10.1. The van der Waals surface area contributed by atoms with Crippen LogP contribution in [0, 0.1) is 13.8 Å². The summed E-state index contributed by atoms with van der Waals surface area (Å²) < 4.78 is 7.80. The lowest BCUT2D eigenvalue weighted by molar-refractivity contribution is -0.127. The lowest BCUT2D eigenvalue weighted by Gasteiger charge is -2.17. The Morgan fingerprint density at radius 2 is 1.88 bits per heavy atom. The highest BCUT2D eigenvalue weighted by Gasteiger charge is 2.16. The molecule has 3 rings (SSSR count). The Bertz CT molecular complexity index is 902. The maximum absolute atomic E-state index is 12.4. The zero-order chi connectivity index (χ0) is 18.5. The van der Waals surface area contributed by atoms with Gasteiger partial charge in [0.1, 0.15) is 11.6 Å². The maximum atomic E-state index is 12.4. The highest BCUT2D eigenvalue weighted by molar-refractivity contribution is 5.80. The number of nitrogens with zero attached hydrogens (tertiary/aromatic N) is 2. The molecule has 0 spiro atoms. The number of hydrogen-bond donors (Lipinski definition) is 1. The van der Waals surface area contributed by atoms with Crippen molar-refractivity contribution in [2.24, 2.45) is 0 Å². The van der Waals surface area contributed by atoms with Crippen molar-refractivity contribution >= 4 is 5.91 Å². The number of aromatic nitrogens is 2. The molecule has 5 heteroatoms. The number of nitrogens with one attached hydrogen (secondary N) is 1. The normalized spacial score (nSPS) is 11.8. The molecule has 0 aliphatic carbocycles. The van der Waals surface area contributed by atoms with Gasteiger partial charge in [0.2, 0.25) is 0 Å². The van der Waals surface area contributed by atoms with Crippen LogP contribution in [0.25, 0.3) is 5.69 Å². The summed E-state index contributed by atoms with van der Waals surface area (Å²) in [6, 6.07) is 15.6. The number of para-hydroxylation sites is 2. The minimum Gasteiger partial charge on any atom is -0.481 e. The topological polar surface area (TPSA) is 56.1 Å². The average molecular weight is 349 g/mol. The molecule has 1 amide bonds. The molecular formula is C21H23N3O2. The van der Waals surface area contributed by atoms with E-state index in [0.717, 1.165) is 28.4 Å². The first kappa shape index (κ1) is 17.7. The third-order valence-electron chi connectivity index (χ3n) is 4.30. The summed E-state index contributed by atoms with van der Waals surface area (Å²) >= 11 is 0. The van der Waals surface area contributed by atoms with Gasteiger partial charge >= 0.3 is 0 Å². The van der Waals surface area contributed by atoms with E-state index in [1.165, 1.54) is 0 Å². The van der Waals surface area contributed by atoms with Crippen molar-refractivity contribution in [1.82, 2.24) is 14.9 Å². The van der Waals surface area contributed by atoms with E-state index in [1.54, 1.807) is 13.1 Å². The number of imidazole rings is 1. The minimum absolute atomic E-state index is 0.148. The number of carbonyl (C=O) groups is 1. The highest BCUT2D eigenvalue weighted by Crippen LogP contribution is 2.18. The summed E-state index contributed by atoms with van der Waals surface area (Å²) in [5.74, 6) is 1.48. The van der Waals surface area contributed by atoms with Crippen molar-refractivity contribution in [3.63, 3.8) is 0 Å². The van der Waals surface area contributed by atoms with Crippen molar-refractivity contribution in [1.29, 1.82) is 0 Å². The second-order valence-corrected chi connectivity index (χ2v) is 6.22. The predicted octanol–water partition coefficient (Wildman–Crippen LogP) is 3.57. The van der Waals surface area contributed by atoms with E-state index in [9.17, 15) is 4.79 Å². The van der Waals surface area contributed by atoms with Crippen LogP contribution in [0.2, 0.25) is 0 Å². The van der Waals surface area contributed by atoms with Gasteiger partial charge in [0, 0.05) is 18.9 Å². The van der Waals surface area contributed by atoms with Gasteiger partial charge < -0.3 is 14.6 Å². The van der Waals surface area contributed by atoms with Crippen LogP contribution < -0.4 is 10.1 Å². The number of rotatable bonds is 6. The molecule has 1 heterocycles. The summed E-state index contributed by atoms with van der Waals surface area (Å²) in [5.41, 5.74) is 3.04. The lowest BCUT2D eigenvalue weighted by Crippen LogP contribution is -2.36. The Labute approximate surface area is 153 Å². The van der Waals surface area contributed by atoms with Crippen molar-refractivity contribution in [2.45, 2.75) is 33.4 Å². The smallest absolute Gasteiger partial charge is 0.261 e. The fourth-order valence-electron chi connectivity index (χ4n) is 2.79. The molecule has 0 bridgehead atoms. The van der Waals surface area contributed by atoms with Crippen LogP contribution in [0.3, 0.4) is 0 Å². The van der Waals surface area contributed by atoms with E-state index < -0.39 is 6.10 Å². The first-order valence-electron chi connectivity index (χ1n) is 8.64. The van der Waals surface area contributed by atoms with Gasteiger partial charge in [-0.05, 0) is 44.0 Å². The first-order valence-corrected chi connectivity index (χ1v) is 8.64. The highest BCUT2D eigenvalue weighted by atomic mass is 16.5. The molecule has 0 unspecified atom stereocenters. The molecule has 134 valence electrons. The van der Waals surface area contributed by atoms with Crippen molar-refractivity contribution in [3.05, 3.63) is 77.9 Å². The van der Waals surface area contributed by atoms with Crippen LogP contribution in [-0.4, -0.2) is 21.6 Å². The SMILES string of the molecule is Cc1ccccc1O[C@@H](C)C(=O)NCc1ccccc1-n1ccnc1C. The van der Waals surface area contributed by atoms with Crippen molar-refractivity contribution < 1.29 is 9.53 Å². The van der Waals surface area contributed by atoms with E-state index in [1.807, 2.05) is 73.1 Å². The van der Waals surface area contributed by atoms with E-state index >= 15 is 0 Å². The quantitative estimate of drug-likeness (QED) is 0.740. The zero-order valence-electron chi connectivity index (χ0n) is 15.3. The Balaban J connectivity index is 1.67. The van der Waals surface area contributed by atoms with E-state index in [0.29, 0.717) is 6.54 Å². The second kappa shape index (κ2) is 7.87. The molecule has 3 aromatic rings. The average Bonchev–Trinajstić information content (AvgIpc) is 3.07. The van der Waals surface area contributed by atoms with Gasteiger partial charge in [-0.2, -0.15) is 0 Å². The van der Waals surface area contributed by atoms with Gasteiger partial charge in [0.15, 0.2) is 6.10 Å². The number of aryl methyl sites for hydroxylation is 2. The summed E-state index contributed by atoms with van der Waals surface area (Å²) in [6.07, 6.45) is 3.11. The number of carbonyl (C=O) groups excluding carboxylic acids is 1. The molecular weight excluding hydrogens is 326 g/mol. The second-order valence-electron chi connectivity index (χ2n) is 6.22. The molecule has 5 nitrogen and oxygen atoms in total. The van der Waals surface area contributed by atoms with Crippen LogP contribution in [0.5, 0.6) is 5.75 Å². The standard InChI is InChI=1S/C21H23N3O2/c1-15-8-4-7-11-20(15)26-16(2)21(25)23-14-18-9-5-6-10-19(18)24-13-12-22-17(24)3/h4-13,16H,14H2,1-3H3,(H,23,25)/t16-/m0/s1. The van der Waals surface area contributed by atoms with E-state index in [4.69, 9.17) is 4.74 Å². The molecule has 0 fully saturated rings. The molecule has 1 atom stereocenters. The van der Waals surface area contributed by atoms with Crippen molar-refractivity contribution in [3.8, 4) is 11.4 Å². The maximum Gasteiger partial charge on any atom is 0.261 e. The van der Waals surface area contributed by atoms with Gasteiger partial charge in [0.25, 0.3) is 5.91 Å². The van der Waals surface area contributed by atoms with Crippen LogP contribution >= 0.6 is 0 Å². The third kappa shape index (κ3) is 3.94. The molecule has 1 aromatic heterocycles. The monoisotopic (exact) mass is 349 g/mol. The molecule has 2 aromatic carbocycles. The summed E-state index contributed by atoms with van der Waals surface area (Å²) in [7, 11) is 0. The molecule has 0 saturated heterocycles. The molecule has 0 aliphatic rings. The molecule has 0 radical (unpaired) electrons. The molecule has 1 N–H and O–H groups in total. The summed E-state index contributed by atoms with van der Waals surface area (Å²) in [6.45, 7) is 6.10.